The SMILES string of the molecule is C1CNC(C2CCCCN2C2CCOC3(CCSC3)C2)C1. The second-order valence-corrected chi connectivity index (χ2v) is 8.59. The van der Waals surface area contributed by atoms with Crippen LogP contribution in [0.4, 0.5) is 0 Å². The Bertz CT molecular complexity index is 353. The maximum Gasteiger partial charge on any atom is 0.0795 e. The molecule has 4 rings (SSSR count). The summed E-state index contributed by atoms with van der Waals surface area (Å²) in [7, 11) is 0. The van der Waals surface area contributed by atoms with E-state index in [0.29, 0.717) is 0 Å². The molecule has 4 heteroatoms. The number of nitrogens with zero attached hydrogens (tertiary/aromatic N) is 1. The minimum atomic E-state index is 0.235. The number of rotatable bonds is 2. The molecule has 4 aliphatic heterocycles. The molecule has 4 fully saturated rings. The summed E-state index contributed by atoms with van der Waals surface area (Å²) >= 11 is 2.10. The smallest absolute Gasteiger partial charge is 0.0795 e. The van der Waals surface area contributed by atoms with Crippen molar-refractivity contribution in [2.45, 2.75) is 75.1 Å². The standard InChI is InChI=1S/C17H30N2OS/c1-2-9-19(16(5-1)15-4-3-8-18-15)14-6-10-20-17(12-14)7-11-21-13-17/h14-16,18H,1-13H2. The van der Waals surface area contributed by atoms with Crippen molar-refractivity contribution in [1.82, 2.24) is 10.2 Å². The molecule has 0 bridgehead atoms. The van der Waals surface area contributed by atoms with E-state index in [1.165, 1.54) is 76.0 Å². The van der Waals surface area contributed by atoms with Crippen LogP contribution in [0.1, 0.15) is 51.4 Å². The molecule has 0 aliphatic carbocycles. The molecule has 1 N–H and O–H groups in total. The van der Waals surface area contributed by atoms with E-state index in [1.54, 1.807) is 0 Å². The Balaban J connectivity index is 1.47. The van der Waals surface area contributed by atoms with Gasteiger partial charge in [0.15, 0.2) is 0 Å². The Morgan fingerprint density at radius 2 is 2.14 bits per heavy atom. The van der Waals surface area contributed by atoms with E-state index in [1.807, 2.05) is 0 Å². The van der Waals surface area contributed by atoms with Crippen molar-refractivity contribution in [2.24, 2.45) is 0 Å². The first kappa shape index (κ1) is 14.8. The summed E-state index contributed by atoms with van der Waals surface area (Å²) in [4.78, 5) is 2.90. The van der Waals surface area contributed by atoms with Crippen LogP contribution in [-0.2, 0) is 4.74 Å². The number of ether oxygens (including phenoxy) is 1. The van der Waals surface area contributed by atoms with Gasteiger partial charge in [0.1, 0.15) is 0 Å². The van der Waals surface area contributed by atoms with E-state index >= 15 is 0 Å². The number of piperidine rings is 1. The molecule has 4 aliphatic rings. The number of thioether (sulfide) groups is 1. The van der Waals surface area contributed by atoms with Crippen molar-refractivity contribution >= 4 is 11.8 Å². The van der Waals surface area contributed by atoms with Crippen LogP contribution in [0, 0.1) is 0 Å². The second-order valence-electron chi connectivity index (χ2n) is 7.48. The summed E-state index contributed by atoms with van der Waals surface area (Å²) < 4.78 is 6.25. The van der Waals surface area contributed by atoms with Gasteiger partial charge in [-0.15, -0.1) is 0 Å². The van der Waals surface area contributed by atoms with E-state index in [9.17, 15) is 0 Å². The summed E-state index contributed by atoms with van der Waals surface area (Å²) in [5.74, 6) is 2.55. The maximum atomic E-state index is 6.25. The van der Waals surface area contributed by atoms with Crippen LogP contribution in [0.5, 0.6) is 0 Å². The molecule has 0 radical (unpaired) electrons. The molecular weight excluding hydrogens is 280 g/mol. The number of hydrogen-bond donors (Lipinski definition) is 1. The highest BCUT2D eigenvalue weighted by atomic mass is 32.2. The molecule has 0 aromatic carbocycles. The van der Waals surface area contributed by atoms with E-state index in [2.05, 4.69) is 22.0 Å². The van der Waals surface area contributed by atoms with Crippen molar-refractivity contribution < 1.29 is 4.74 Å². The molecular formula is C17H30N2OS. The minimum absolute atomic E-state index is 0.235. The molecule has 4 saturated heterocycles. The highest BCUT2D eigenvalue weighted by Gasteiger charge is 2.44. The molecule has 4 unspecified atom stereocenters. The van der Waals surface area contributed by atoms with Gasteiger partial charge >= 0.3 is 0 Å². The zero-order chi connectivity index (χ0) is 14.1. The zero-order valence-electron chi connectivity index (χ0n) is 13.2. The lowest BCUT2D eigenvalue weighted by Crippen LogP contribution is -2.57. The summed E-state index contributed by atoms with van der Waals surface area (Å²) in [6.07, 6.45) is 10.9. The van der Waals surface area contributed by atoms with Crippen molar-refractivity contribution in [1.29, 1.82) is 0 Å². The first-order valence-corrected chi connectivity index (χ1v) is 10.2. The zero-order valence-corrected chi connectivity index (χ0v) is 14.0. The van der Waals surface area contributed by atoms with Crippen LogP contribution in [0.15, 0.2) is 0 Å². The number of nitrogens with one attached hydrogen (secondary N) is 1. The van der Waals surface area contributed by atoms with E-state index in [-0.39, 0.29) is 5.60 Å². The quantitative estimate of drug-likeness (QED) is 0.847. The van der Waals surface area contributed by atoms with E-state index in [0.717, 1.165) is 24.7 Å². The van der Waals surface area contributed by atoms with E-state index < -0.39 is 0 Å². The van der Waals surface area contributed by atoms with Crippen LogP contribution >= 0.6 is 11.8 Å². The predicted molar refractivity (Wildman–Crippen MR) is 89.0 cm³/mol. The van der Waals surface area contributed by atoms with Crippen LogP contribution in [0.25, 0.3) is 0 Å². The van der Waals surface area contributed by atoms with Gasteiger partial charge in [0.2, 0.25) is 0 Å². The van der Waals surface area contributed by atoms with Gasteiger partial charge < -0.3 is 10.1 Å². The highest BCUT2D eigenvalue weighted by Crippen LogP contribution is 2.41. The molecule has 0 amide bonds. The summed E-state index contributed by atoms with van der Waals surface area (Å²) in [5.41, 5.74) is 0.235. The Morgan fingerprint density at radius 3 is 2.95 bits per heavy atom. The molecule has 3 nitrogen and oxygen atoms in total. The minimum Gasteiger partial charge on any atom is -0.374 e. The monoisotopic (exact) mass is 310 g/mol. The van der Waals surface area contributed by atoms with Gasteiger partial charge in [-0.2, -0.15) is 11.8 Å². The number of likely N-dealkylation sites (tertiary alicyclic amines) is 1. The third-order valence-corrected chi connectivity index (χ3v) is 7.38. The van der Waals surface area contributed by atoms with Gasteiger partial charge in [-0.3, -0.25) is 4.90 Å². The average molecular weight is 311 g/mol. The first-order chi connectivity index (χ1) is 10.4. The molecule has 21 heavy (non-hydrogen) atoms. The topological polar surface area (TPSA) is 24.5 Å². The van der Waals surface area contributed by atoms with Gasteiger partial charge in [0.05, 0.1) is 5.60 Å². The molecule has 120 valence electrons. The fourth-order valence-electron chi connectivity index (χ4n) is 5.05. The summed E-state index contributed by atoms with van der Waals surface area (Å²) in [6.45, 7) is 3.56. The van der Waals surface area contributed by atoms with Gasteiger partial charge in [-0.05, 0) is 63.8 Å². The Morgan fingerprint density at radius 1 is 1.14 bits per heavy atom. The van der Waals surface area contributed by atoms with Gasteiger partial charge in [0.25, 0.3) is 0 Å². The molecule has 4 heterocycles. The van der Waals surface area contributed by atoms with Crippen molar-refractivity contribution in [2.75, 3.05) is 31.2 Å². The second kappa shape index (κ2) is 6.38. The molecule has 0 aromatic rings. The van der Waals surface area contributed by atoms with Crippen LogP contribution in [-0.4, -0.2) is 59.8 Å². The largest absolute Gasteiger partial charge is 0.374 e. The summed E-state index contributed by atoms with van der Waals surface area (Å²) in [5, 5.41) is 3.78. The van der Waals surface area contributed by atoms with Crippen molar-refractivity contribution in [3.8, 4) is 0 Å². The van der Waals surface area contributed by atoms with Crippen LogP contribution in [0.3, 0.4) is 0 Å². The average Bonchev–Trinajstić information content (AvgIpc) is 3.20. The third-order valence-electron chi connectivity index (χ3n) is 6.16. The van der Waals surface area contributed by atoms with Gasteiger partial charge in [-0.25, -0.2) is 0 Å². The van der Waals surface area contributed by atoms with Crippen molar-refractivity contribution in [3.63, 3.8) is 0 Å². The summed E-state index contributed by atoms with van der Waals surface area (Å²) in [6, 6.07) is 2.35. The molecule has 4 atom stereocenters. The molecule has 1 spiro atoms. The molecule has 0 aromatic heterocycles. The van der Waals surface area contributed by atoms with Gasteiger partial charge in [-0.1, -0.05) is 6.42 Å². The predicted octanol–water partition coefficient (Wildman–Crippen LogP) is 2.65. The van der Waals surface area contributed by atoms with Crippen molar-refractivity contribution in [3.05, 3.63) is 0 Å². The van der Waals surface area contributed by atoms with Crippen LogP contribution in [0.2, 0.25) is 0 Å². The lowest BCUT2D eigenvalue weighted by atomic mass is 9.85. The molecule has 0 saturated carbocycles. The lowest BCUT2D eigenvalue weighted by molar-refractivity contribution is -0.101. The highest BCUT2D eigenvalue weighted by molar-refractivity contribution is 7.99. The Kier molecular flexibility index (Phi) is 4.50. The first-order valence-electron chi connectivity index (χ1n) is 9.07. The number of hydrogen-bond acceptors (Lipinski definition) is 4. The fourth-order valence-corrected chi connectivity index (χ4v) is 6.43. The van der Waals surface area contributed by atoms with E-state index in [4.69, 9.17) is 4.74 Å². The normalized spacial score (nSPS) is 45.4. The Hall–Kier alpha value is 0.230. The third kappa shape index (κ3) is 3.01. The Labute approximate surface area is 133 Å². The van der Waals surface area contributed by atoms with Gasteiger partial charge in [0, 0.05) is 30.5 Å². The maximum absolute atomic E-state index is 6.25. The van der Waals surface area contributed by atoms with Crippen LogP contribution < -0.4 is 5.32 Å². The lowest BCUT2D eigenvalue weighted by Gasteiger charge is -2.48. The fraction of sp³-hybridized carbons (Fsp3) is 1.00.